The Labute approximate surface area is 114 Å². The van der Waals surface area contributed by atoms with Crippen molar-refractivity contribution in [3.8, 4) is 0 Å². The lowest BCUT2D eigenvalue weighted by molar-refractivity contribution is 0.309. The van der Waals surface area contributed by atoms with Crippen LogP contribution in [0.2, 0.25) is 0 Å². The van der Waals surface area contributed by atoms with Crippen molar-refractivity contribution < 1.29 is 0 Å². The molecule has 0 spiro atoms. The Bertz CT molecular complexity index is 571. The zero-order valence-electron chi connectivity index (χ0n) is 11.1. The highest BCUT2D eigenvalue weighted by Gasteiger charge is 2.05. The van der Waals surface area contributed by atoms with E-state index in [2.05, 4.69) is 27.1 Å². The van der Waals surface area contributed by atoms with E-state index in [1.165, 1.54) is 32.4 Å². The number of rotatable bonds is 3. The maximum Gasteiger partial charge on any atom is 0.132 e. The number of benzene rings is 1. The molecule has 1 aromatic heterocycles. The van der Waals surface area contributed by atoms with E-state index in [1.54, 1.807) is 0 Å². The Morgan fingerprint density at radius 1 is 1.11 bits per heavy atom. The van der Waals surface area contributed by atoms with Gasteiger partial charge in [0, 0.05) is 31.1 Å². The lowest BCUT2D eigenvalue weighted by Gasteiger charge is -2.24. The van der Waals surface area contributed by atoms with E-state index in [9.17, 15) is 0 Å². The van der Waals surface area contributed by atoms with E-state index in [4.69, 9.17) is 0 Å². The Morgan fingerprint density at radius 2 is 1.95 bits per heavy atom. The van der Waals surface area contributed by atoms with Crippen molar-refractivity contribution in [1.82, 2.24) is 14.9 Å². The van der Waals surface area contributed by atoms with Gasteiger partial charge >= 0.3 is 0 Å². The summed E-state index contributed by atoms with van der Waals surface area (Å²) < 4.78 is 0. The molecule has 2 aromatic rings. The first-order chi connectivity index (χ1) is 9.42. The van der Waals surface area contributed by atoms with E-state index in [0.717, 1.165) is 23.1 Å². The third kappa shape index (κ3) is 3.11. The standard InChI is InChI=1S/C16H19N3/c1-4-10-19(11-5-1)12-6-9-16-17-13-14-7-2-3-8-15(14)18-16/h2-3,6-8,12-13H,1,4-5,9-11H2. The van der Waals surface area contributed by atoms with Crippen LogP contribution in [0.4, 0.5) is 0 Å². The highest BCUT2D eigenvalue weighted by Crippen LogP contribution is 2.11. The number of para-hydroxylation sites is 1. The van der Waals surface area contributed by atoms with Crippen molar-refractivity contribution >= 4 is 10.9 Å². The number of piperidine rings is 1. The van der Waals surface area contributed by atoms with Crippen LogP contribution in [0.15, 0.2) is 42.7 Å². The fourth-order valence-electron chi connectivity index (χ4n) is 2.48. The third-order valence-electron chi connectivity index (χ3n) is 3.55. The molecule has 1 fully saturated rings. The van der Waals surface area contributed by atoms with Crippen LogP contribution in [0.5, 0.6) is 0 Å². The summed E-state index contributed by atoms with van der Waals surface area (Å²) in [6.07, 6.45) is 11.1. The predicted molar refractivity (Wildman–Crippen MR) is 77.8 cm³/mol. The third-order valence-corrected chi connectivity index (χ3v) is 3.55. The molecule has 0 bridgehead atoms. The zero-order chi connectivity index (χ0) is 12.9. The smallest absolute Gasteiger partial charge is 0.132 e. The molecule has 3 heteroatoms. The Hall–Kier alpha value is -1.90. The Kier molecular flexibility index (Phi) is 3.73. The average Bonchev–Trinajstić information content (AvgIpc) is 2.48. The minimum absolute atomic E-state index is 0.807. The molecule has 1 aliphatic rings. The second-order valence-electron chi connectivity index (χ2n) is 5.03. The van der Waals surface area contributed by atoms with Gasteiger partial charge in [0.2, 0.25) is 0 Å². The molecule has 0 aliphatic carbocycles. The van der Waals surface area contributed by atoms with Gasteiger partial charge in [-0.25, -0.2) is 9.97 Å². The van der Waals surface area contributed by atoms with Crippen LogP contribution >= 0.6 is 0 Å². The zero-order valence-corrected chi connectivity index (χ0v) is 11.1. The van der Waals surface area contributed by atoms with Crippen molar-refractivity contribution in [3.63, 3.8) is 0 Å². The molecule has 0 atom stereocenters. The van der Waals surface area contributed by atoms with Gasteiger partial charge in [-0.15, -0.1) is 0 Å². The number of hydrogen-bond acceptors (Lipinski definition) is 3. The molecule has 19 heavy (non-hydrogen) atoms. The summed E-state index contributed by atoms with van der Waals surface area (Å²) in [7, 11) is 0. The minimum atomic E-state index is 0.807. The number of fused-ring (bicyclic) bond motifs is 1. The summed E-state index contributed by atoms with van der Waals surface area (Å²) in [5.74, 6) is 0.895. The van der Waals surface area contributed by atoms with Crippen molar-refractivity contribution in [2.75, 3.05) is 13.1 Å². The lowest BCUT2D eigenvalue weighted by atomic mass is 10.1. The summed E-state index contributed by atoms with van der Waals surface area (Å²) in [6.45, 7) is 2.38. The minimum Gasteiger partial charge on any atom is -0.378 e. The van der Waals surface area contributed by atoms with Gasteiger partial charge in [0.05, 0.1) is 5.52 Å². The van der Waals surface area contributed by atoms with Gasteiger partial charge < -0.3 is 4.90 Å². The summed E-state index contributed by atoms with van der Waals surface area (Å²) in [5.41, 5.74) is 1.03. The summed E-state index contributed by atoms with van der Waals surface area (Å²) in [6, 6.07) is 8.11. The largest absolute Gasteiger partial charge is 0.378 e. The van der Waals surface area contributed by atoms with Gasteiger partial charge in [0.25, 0.3) is 0 Å². The van der Waals surface area contributed by atoms with E-state index in [0.29, 0.717) is 0 Å². The number of allylic oxidation sites excluding steroid dienone is 1. The maximum absolute atomic E-state index is 4.58. The van der Waals surface area contributed by atoms with Gasteiger partial charge in [-0.1, -0.05) is 24.3 Å². The van der Waals surface area contributed by atoms with Crippen LogP contribution in [0.3, 0.4) is 0 Å². The molecule has 0 amide bonds. The summed E-state index contributed by atoms with van der Waals surface area (Å²) >= 11 is 0. The first-order valence-electron chi connectivity index (χ1n) is 7.03. The molecular weight excluding hydrogens is 234 g/mol. The second-order valence-corrected chi connectivity index (χ2v) is 5.03. The quantitative estimate of drug-likeness (QED) is 0.841. The van der Waals surface area contributed by atoms with Crippen molar-refractivity contribution in [2.45, 2.75) is 25.7 Å². The summed E-state index contributed by atoms with van der Waals surface area (Å²) in [5, 5.41) is 1.10. The Morgan fingerprint density at radius 3 is 2.84 bits per heavy atom. The Balaban J connectivity index is 1.66. The summed E-state index contributed by atoms with van der Waals surface area (Å²) in [4.78, 5) is 11.4. The molecule has 0 saturated carbocycles. The maximum atomic E-state index is 4.58. The predicted octanol–water partition coefficient (Wildman–Crippen LogP) is 3.17. The van der Waals surface area contributed by atoms with E-state index in [-0.39, 0.29) is 0 Å². The molecule has 98 valence electrons. The van der Waals surface area contributed by atoms with Gasteiger partial charge in [-0.3, -0.25) is 0 Å². The molecule has 3 rings (SSSR count). The van der Waals surface area contributed by atoms with Crippen molar-refractivity contribution in [3.05, 3.63) is 48.6 Å². The normalized spacial score (nSPS) is 16.3. The van der Waals surface area contributed by atoms with Crippen LogP contribution in [0, 0.1) is 0 Å². The van der Waals surface area contributed by atoms with Gasteiger partial charge in [0.1, 0.15) is 5.82 Å². The monoisotopic (exact) mass is 253 g/mol. The van der Waals surface area contributed by atoms with E-state index >= 15 is 0 Å². The van der Waals surface area contributed by atoms with Crippen LogP contribution in [0.25, 0.3) is 10.9 Å². The molecule has 2 heterocycles. The van der Waals surface area contributed by atoms with Crippen LogP contribution in [0.1, 0.15) is 25.1 Å². The van der Waals surface area contributed by atoms with E-state index < -0.39 is 0 Å². The highest BCUT2D eigenvalue weighted by molar-refractivity contribution is 5.77. The molecular formula is C16H19N3. The topological polar surface area (TPSA) is 29.0 Å². The average molecular weight is 253 g/mol. The molecule has 0 N–H and O–H groups in total. The van der Waals surface area contributed by atoms with E-state index in [1.807, 2.05) is 30.5 Å². The SMILES string of the molecule is C(=CN1CCCCC1)Cc1ncc2ccccc2n1. The number of hydrogen-bond donors (Lipinski definition) is 0. The van der Waals surface area contributed by atoms with Gasteiger partial charge in [-0.05, 0) is 31.5 Å². The fourth-order valence-corrected chi connectivity index (χ4v) is 2.48. The van der Waals surface area contributed by atoms with Gasteiger partial charge in [-0.2, -0.15) is 0 Å². The van der Waals surface area contributed by atoms with Gasteiger partial charge in [0.15, 0.2) is 0 Å². The van der Waals surface area contributed by atoms with Crippen molar-refractivity contribution in [2.24, 2.45) is 0 Å². The van der Waals surface area contributed by atoms with Crippen LogP contribution < -0.4 is 0 Å². The van der Waals surface area contributed by atoms with Crippen molar-refractivity contribution in [1.29, 1.82) is 0 Å². The first kappa shape index (κ1) is 12.2. The molecule has 3 nitrogen and oxygen atoms in total. The molecule has 1 aliphatic heterocycles. The molecule has 1 saturated heterocycles. The number of nitrogens with zero attached hydrogens (tertiary/aromatic N) is 3. The van der Waals surface area contributed by atoms with Crippen LogP contribution in [-0.4, -0.2) is 28.0 Å². The lowest BCUT2D eigenvalue weighted by Crippen LogP contribution is -2.24. The highest BCUT2D eigenvalue weighted by atomic mass is 15.1. The number of likely N-dealkylation sites (tertiary alicyclic amines) is 1. The first-order valence-corrected chi connectivity index (χ1v) is 7.03. The fraction of sp³-hybridized carbons (Fsp3) is 0.375. The number of aromatic nitrogens is 2. The molecule has 0 unspecified atom stereocenters. The second kappa shape index (κ2) is 5.83. The van der Waals surface area contributed by atoms with Crippen LogP contribution in [-0.2, 0) is 6.42 Å². The molecule has 0 radical (unpaired) electrons. The molecule has 1 aromatic carbocycles.